The van der Waals surface area contributed by atoms with Crippen LogP contribution in [-0.4, -0.2) is 31.5 Å². The lowest BCUT2D eigenvalue weighted by Crippen LogP contribution is -2.50. The molecule has 0 aromatic rings. The minimum absolute atomic E-state index is 0.200. The van der Waals surface area contributed by atoms with Crippen LogP contribution in [0.3, 0.4) is 0 Å². The fourth-order valence-corrected chi connectivity index (χ4v) is 2.54. The average molecular weight is 201 g/mol. The molecule has 0 bridgehead atoms. The zero-order valence-corrected chi connectivity index (χ0v) is 8.73. The van der Waals surface area contributed by atoms with Crippen molar-refractivity contribution in [2.75, 3.05) is 19.7 Å². The first-order chi connectivity index (χ1) is 6.81. The zero-order chi connectivity index (χ0) is 9.86. The Bertz CT molecular complexity index is 172. The van der Waals surface area contributed by atoms with Gasteiger partial charge in [-0.05, 0) is 12.8 Å². The van der Waals surface area contributed by atoms with E-state index in [0.717, 1.165) is 19.4 Å². The van der Waals surface area contributed by atoms with E-state index in [1.54, 1.807) is 0 Å². The van der Waals surface area contributed by atoms with Gasteiger partial charge in [0.1, 0.15) is 11.8 Å². The second kappa shape index (κ2) is 4.58. The smallest absolute Gasteiger partial charge is 0.138 e. The Kier molecular flexibility index (Phi) is 3.39. The fraction of sp³-hybridized carbons (Fsp3) is 1.00. The number of alkyl halides is 1. The van der Waals surface area contributed by atoms with Gasteiger partial charge in [0.05, 0.1) is 6.61 Å². The normalized spacial score (nSPS) is 33.6. The number of ether oxygens (including phenoxy) is 1. The highest BCUT2D eigenvalue weighted by molar-refractivity contribution is 4.92. The average Bonchev–Trinajstić information content (AvgIpc) is 2.46. The molecule has 82 valence electrons. The molecular formula is C11H20FNO. The summed E-state index contributed by atoms with van der Waals surface area (Å²) in [6.45, 7) is 2.22. The molecule has 1 saturated heterocycles. The number of hydrogen-bond acceptors (Lipinski definition) is 2. The number of rotatable bonds is 1. The summed E-state index contributed by atoms with van der Waals surface area (Å²) >= 11 is 0. The first-order valence-corrected chi connectivity index (χ1v) is 5.82. The number of halogens is 1. The standard InChI is InChI=1S/C11H20FNO/c12-11(5-3-1-2-4-6-11)10-9-13-7-8-14-10/h10,13H,1-9H2. The first kappa shape index (κ1) is 10.4. The molecule has 0 radical (unpaired) electrons. The second-order valence-corrected chi connectivity index (χ2v) is 4.51. The highest BCUT2D eigenvalue weighted by atomic mass is 19.1. The molecule has 0 aromatic carbocycles. The first-order valence-electron chi connectivity index (χ1n) is 5.82. The predicted molar refractivity (Wildman–Crippen MR) is 54.2 cm³/mol. The van der Waals surface area contributed by atoms with Crippen LogP contribution in [0.5, 0.6) is 0 Å². The molecule has 2 rings (SSSR count). The zero-order valence-electron chi connectivity index (χ0n) is 8.73. The number of hydrogen-bond donors (Lipinski definition) is 1. The lowest BCUT2D eigenvalue weighted by Gasteiger charge is -2.35. The highest BCUT2D eigenvalue weighted by Gasteiger charge is 2.40. The van der Waals surface area contributed by atoms with Gasteiger partial charge in [0.2, 0.25) is 0 Å². The van der Waals surface area contributed by atoms with Crippen molar-refractivity contribution in [1.82, 2.24) is 5.32 Å². The third-order valence-electron chi connectivity index (χ3n) is 3.44. The number of morpholine rings is 1. The van der Waals surface area contributed by atoms with Crippen molar-refractivity contribution in [3.05, 3.63) is 0 Å². The van der Waals surface area contributed by atoms with E-state index in [-0.39, 0.29) is 6.10 Å². The Hall–Kier alpha value is -0.150. The van der Waals surface area contributed by atoms with Crippen molar-refractivity contribution in [2.24, 2.45) is 0 Å². The fourth-order valence-electron chi connectivity index (χ4n) is 2.54. The van der Waals surface area contributed by atoms with E-state index in [4.69, 9.17) is 4.74 Å². The second-order valence-electron chi connectivity index (χ2n) is 4.51. The van der Waals surface area contributed by atoms with Crippen LogP contribution in [0.4, 0.5) is 4.39 Å². The van der Waals surface area contributed by atoms with Crippen LogP contribution < -0.4 is 5.32 Å². The molecule has 2 nitrogen and oxygen atoms in total. The predicted octanol–water partition coefficient (Wildman–Crippen LogP) is 2.04. The van der Waals surface area contributed by atoms with Crippen LogP contribution in [-0.2, 0) is 4.74 Å². The van der Waals surface area contributed by atoms with Gasteiger partial charge in [-0.15, -0.1) is 0 Å². The van der Waals surface area contributed by atoms with Gasteiger partial charge in [-0.2, -0.15) is 0 Å². The third kappa shape index (κ3) is 2.26. The molecular weight excluding hydrogens is 181 g/mol. The molecule has 1 aliphatic heterocycles. The Morgan fingerprint density at radius 3 is 2.43 bits per heavy atom. The SMILES string of the molecule is FC1(C2CNCCO2)CCCCCC1. The maximum Gasteiger partial charge on any atom is 0.138 e. The van der Waals surface area contributed by atoms with Crippen LogP contribution in [0.2, 0.25) is 0 Å². The summed E-state index contributed by atoms with van der Waals surface area (Å²) in [4.78, 5) is 0. The lowest BCUT2D eigenvalue weighted by atomic mass is 9.89. The van der Waals surface area contributed by atoms with E-state index in [1.807, 2.05) is 0 Å². The highest BCUT2D eigenvalue weighted by Crippen LogP contribution is 2.35. The van der Waals surface area contributed by atoms with Gasteiger partial charge < -0.3 is 10.1 Å². The molecule has 1 unspecified atom stereocenters. The summed E-state index contributed by atoms with van der Waals surface area (Å²) in [5.41, 5.74) is -1.05. The van der Waals surface area contributed by atoms with Crippen LogP contribution >= 0.6 is 0 Å². The Morgan fingerprint density at radius 2 is 1.86 bits per heavy atom. The quantitative estimate of drug-likeness (QED) is 0.655. The van der Waals surface area contributed by atoms with E-state index in [1.165, 1.54) is 12.8 Å². The van der Waals surface area contributed by atoms with Crippen LogP contribution in [0, 0.1) is 0 Å². The lowest BCUT2D eigenvalue weighted by molar-refractivity contribution is -0.0816. The van der Waals surface area contributed by atoms with Gasteiger partial charge >= 0.3 is 0 Å². The largest absolute Gasteiger partial charge is 0.372 e. The van der Waals surface area contributed by atoms with Gasteiger partial charge in [-0.3, -0.25) is 0 Å². The van der Waals surface area contributed by atoms with Crippen molar-refractivity contribution < 1.29 is 9.13 Å². The van der Waals surface area contributed by atoms with Gasteiger partial charge in [-0.25, -0.2) is 4.39 Å². The molecule has 1 aliphatic carbocycles. The van der Waals surface area contributed by atoms with Gasteiger partial charge in [-0.1, -0.05) is 25.7 Å². The monoisotopic (exact) mass is 201 g/mol. The maximum absolute atomic E-state index is 14.6. The topological polar surface area (TPSA) is 21.3 Å². The van der Waals surface area contributed by atoms with E-state index < -0.39 is 5.67 Å². The molecule has 14 heavy (non-hydrogen) atoms. The van der Waals surface area contributed by atoms with Gasteiger partial charge in [0.25, 0.3) is 0 Å². The summed E-state index contributed by atoms with van der Waals surface area (Å²) in [6, 6.07) is 0. The maximum atomic E-state index is 14.6. The summed E-state index contributed by atoms with van der Waals surface area (Å²) in [5.74, 6) is 0. The third-order valence-corrected chi connectivity index (χ3v) is 3.44. The van der Waals surface area contributed by atoms with Crippen LogP contribution in [0.1, 0.15) is 38.5 Å². The Labute approximate surface area is 85.2 Å². The van der Waals surface area contributed by atoms with Crippen molar-refractivity contribution in [1.29, 1.82) is 0 Å². The van der Waals surface area contributed by atoms with Gasteiger partial charge in [0.15, 0.2) is 0 Å². The molecule has 2 fully saturated rings. The Balaban J connectivity index is 1.96. The van der Waals surface area contributed by atoms with E-state index >= 15 is 0 Å². The van der Waals surface area contributed by atoms with Crippen molar-refractivity contribution in [2.45, 2.75) is 50.3 Å². The van der Waals surface area contributed by atoms with Crippen LogP contribution in [0.15, 0.2) is 0 Å². The van der Waals surface area contributed by atoms with Crippen LogP contribution in [0.25, 0.3) is 0 Å². The molecule has 1 saturated carbocycles. The van der Waals surface area contributed by atoms with Crippen molar-refractivity contribution in [3.63, 3.8) is 0 Å². The molecule has 0 aromatic heterocycles. The summed E-state index contributed by atoms with van der Waals surface area (Å²) in [5, 5.41) is 3.21. The molecule has 0 spiro atoms. The molecule has 1 heterocycles. The minimum Gasteiger partial charge on any atom is -0.372 e. The van der Waals surface area contributed by atoms with Crippen molar-refractivity contribution in [3.8, 4) is 0 Å². The molecule has 3 heteroatoms. The Morgan fingerprint density at radius 1 is 1.14 bits per heavy atom. The van der Waals surface area contributed by atoms with Gasteiger partial charge in [0, 0.05) is 13.1 Å². The molecule has 2 aliphatic rings. The minimum atomic E-state index is -1.05. The molecule has 0 amide bonds. The summed E-state index contributed by atoms with van der Waals surface area (Å²) in [7, 11) is 0. The van der Waals surface area contributed by atoms with E-state index in [9.17, 15) is 4.39 Å². The van der Waals surface area contributed by atoms with Crippen molar-refractivity contribution >= 4 is 0 Å². The van der Waals surface area contributed by atoms with E-state index in [2.05, 4.69) is 5.32 Å². The molecule has 1 N–H and O–H groups in total. The summed E-state index contributed by atoms with van der Waals surface area (Å²) < 4.78 is 20.1. The van der Waals surface area contributed by atoms with E-state index in [0.29, 0.717) is 26.0 Å². The molecule has 1 atom stereocenters. The summed E-state index contributed by atoms with van der Waals surface area (Å²) in [6.07, 6.45) is 5.61. The number of nitrogens with one attached hydrogen (secondary N) is 1.